The highest BCUT2D eigenvalue weighted by atomic mass is 16.6. The molecule has 0 heterocycles. The molecule has 0 fully saturated rings. The number of amides is 6. The van der Waals surface area contributed by atoms with Crippen molar-refractivity contribution in [2.75, 3.05) is 41.0 Å². The van der Waals surface area contributed by atoms with Crippen LogP contribution in [0.1, 0.15) is 62.2 Å². The van der Waals surface area contributed by atoms with E-state index in [2.05, 4.69) is 20.7 Å². The summed E-state index contributed by atoms with van der Waals surface area (Å²) in [6.45, 7) is -0.224. The molecule has 4 aromatic carbocycles. The van der Waals surface area contributed by atoms with Crippen LogP contribution in [0.2, 0.25) is 0 Å². The minimum atomic E-state index is -2.66. The molecule has 0 aliphatic carbocycles. The number of esters is 7. The molecule has 6 amide bonds. The van der Waals surface area contributed by atoms with Crippen LogP contribution < -0.4 is 31.9 Å². The lowest BCUT2D eigenvalue weighted by molar-refractivity contribution is -0.162. The van der Waals surface area contributed by atoms with E-state index in [-0.39, 0.29) is 22.3 Å². The summed E-state index contributed by atoms with van der Waals surface area (Å²) in [5.74, 6) is -16.8. The second-order valence-corrected chi connectivity index (χ2v) is 18.4. The number of benzene rings is 4. The number of carboxylic acid groups (broad SMARTS) is 1. The molecule has 0 saturated carbocycles. The summed E-state index contributed by atoms with van der Waals surface area (Å²) in [5.41, 5.74) is -0.449. The van der Waals surface area contributed by atoms with E-state index in [1.165, 1.54) is 97.1 Å². The Kier molecular flexibility index (Phi) is 27.7. The fourth-order valence-corrected chi connectivity index (χ4v) is 7.49. The van der Waals surface area contributed by atoms with E-state index in [4.69, 9.17) is 43.0 Å². The molecule has 7 N–H and O–H groups in total. The Hall–Kier alpha value is -11.6. The molecule has 0 aromatic heterocycles. The quantitative estimate of drug-likeness (QED) is 0.0259. The molecule has 0 saturated heterocycles. The fourth-order valence-electron chi connectivity index (χ4n) is 7.49. The number of methoxy groups -OCH3 is 3. The topological polar surface area (TPSA) is 449 Å². The molecule has 0 unspecified atom stereocenters. The first-order valence-electron chi connectivity index (χ1n) is 26.4. The molecule has 32 nitrogen and oxygen atoms in total. The largest absolute Gasteiger partial charge is 0.466 e. The Morgan fingerprint density at radius 3 is 0.811 bits per heavy atom. The zero-order chi connectivity index (χ0) is 66.6. The van der Waals surface area contributed by atoms with Crippen molar-refractivity contribution in [1.82, 2.24) is 31.9 Å². The highest BCUT2D eigenvalue weighted by Gasteiger charge is 2.47. The molecule has 4 aromatic rings. The number of carbonyl (C=O) groups is 16. The van der Waals surface area contributed by atoms with E-state index in [0.717, 1.165) is 35.0 Å². The van der Waals surface area contributed by atoms with Crippen molar-refractivity contribution in [2.45, 2.75) is 75.5 Å². The van der Waals surface area contributed by atoms with Crippen molar-refractivity contribution in [3.63, 3.8) is 0 Å². The Morgan fingerprint density at radius 1 is 0.333 bits per heavy atom. The second-order valence-electron chi connectivity index (χ2n) is 18.4. The van der Waals surface area contributed by atoms with Gasteiger partial charge in [-0.15, -0.1) is 0 Å². The molecule has 0 bridgehead atoms. The lowest BCUT2D eigenvalue weighted by atomic mass is 10.0. The number of ketones is 3. The number of rotatable bonds is 31. The molecule has 90 heavy (non-hydrogen) atoms. The zero-order valence-corrected chi connectivity index (χ0v) is 48.5. The van der Waals surface area contributed by atoms with E-state index in [1.807, 2.05) is 10.6 Å². The molecular formula is C58H60N6O26. The van der Waals surface area contributed by atoms with Gasteiger partial charge in [0.15, 0.2) is 17.3 Å². The maximum absolute atomic E-state index is 14.1. The average Bonchev–Trinajstić information content (AvgIpc) is 1.69. The van der Waals surface area contributed by atoms with Crippen molar-refractivity contribution in [2.24, 2.45) is 0 Å². The first kappa shape index (κ1) is 70.9. The van der Waals surface area contributed by atoms with Gasteiger partial charge in [-0.05, 0) is 69.3 Å². The normalized spacial score (nSPS) is 13.5. The summed E-state index contributed by atoms with van der Waals surface area (Å²) in [5, 5.41) is 20.8. The molecule has 0 aliphatic rings. The van der Waals surface area contributed by atoms with Gasteiger partial charge in [0, 0.05) is 0 Å². The number of ether oxygens (including phenoxy) is 9. The third-order valence-electron chi connectivity index (χ3n) is 12.0. The van der Waals surface area contributed by atoms with Gasteiger partial charge in [-0.3, -0.25) is 28.8 Å². The summed E-state index contributed by atoms with van der Waals surface area (Å²) in [4.78, 5) is 211. The maximum atomic E-state index is 14.1. The van der Waals surface area contributed by atoms with E-state index in [0.29, 0.717) is 7.11 Å². The van der Waals surface area contributed by atoms with Crippen molar-refractivity contribution < 1.29 is 124 Å². The Morgan fingerprint density at radius 2 is 0.556 bits per heavy atom. The van der Waals surface area contributed by atoms with Gasteiger partial charge in [0.2, 0.25) is 54.3 Å². The fraction of sp³-hybridized carbons (Fsp3) is 0.310. The molecule has 0 radical (unpaired) electrons. The third-order valence-corrected chi connectivity index (χ3v) is 12.0. The molecule has 9 atom stereocenters. The molecule has 0 spiro atoms. The SMILES string of the molecule is COC(=O)[C@@H](OC(=O)NCC(=O)N[C@@H](C)C(=O)[C@@H](OC(=O)c1ccccc1)[C@H](OC(=O)c1ccccc1)C(=O)OC)[C@H](OC(=O)NCC(=O)N[C@@H](C)C(=O)[C@@H](OC(=O)c1ccccc1)[C@H](OC(=O)c1ccccc1)C(=O)OC)C(=O)[C@H](C)NC(=O)CNC(=O)O. The van der Waals surface area contributed by atoms with Crippen molar-refractivity contribution in [3.05, 3.63) is 144 Å². The van der Waals surface area contributed by atoms with Gasteiger partial charge in [-0.25, -0.2) is 47.9 Å². The predicted octanol–water partition coefficient (Wildman–Crippen LogP) is 0.0864. The first-order valence-corrected chi connectivity index (χ1v) is 26.4. The van der Waals surface area contributed by atoms with Crippen LogP contribution in [0, 0.1) is 0 Å². The predicted molar refractivity (Wildman–Crippen MR) is 299 cm³/mol. The van der Waals surface area contributed by atoms with Crippen molar-refractivity contribution >= 4 is 95.1 Å². The summed E-state index contributed by atoms with van der Waals surface area (Å²) in [6.07, 6.45) is -19.7. The number of nitrogens with one attached hydrogen (secondary N) is 6. The summed E-state index contributed by atoms with van der Waals surface area (Å²) in [7, 11) is 2.46. The molecule has 0 aliphatic heterocycles. The van der Waals surface area contributed by atoms with Crippen LogP contribution in [0.25, 0.3) is 0 Å². The first-order chi connectivity index (χ1) is 42.8. The number of hydrogen-bond acceptors (Lipinski definition) is 25. The van der Waals surface area contributed by atoms with Crippen LogP contribution in [0.15, 0.2) is 121 Å². The smallest absolute Gasteiger partial charge is 0.408 e. The Bertz CT molecular complexity index is 3280. The van der Waals surface area contributed by atoms with Gasteiger partial charge < -0.3 is 79.6 Å². The molecule has 32 heteroatoms. The van der Waals surface area contributed by atoms with E-state index < -0.39 is 170 Å². The summed E-state index contributed by atoms with van der Waals surface area (Å²) in [6, 6.07) is 22.8. The van der Waals surface area contributed by atoms with Crippen molar-refractivity contribution in [3.8, 4) is 0 Å². The lowest BCUT2D eigenvalue weighted by Crippen LogP contribution is -2.56. The maximum Gasteiger partial charge on any atom is 0.408 e. The summed E-state index contributed by atoms with van der Waals surface area (Å²) < 4.78 is 45.9. The molecular weight excluding hydrogens is 1200 g/mol. The molecule has 478 valence electrons. The van der Waals surface area contributed by atoms with Gasteiger partial charge in [-0.2, -0.15) is 0 Å². The number of alkyl carbamates (subject to hydrolysis) is 2. The van der Waals surface area contributed by atoms with Crippen LogP contribution in [0.5, 0.6) is 0 Å². The minimum Gasteiger partial charge on any atom is -0.466 e. The van der Waals surface area contributed by atoms with Crippen LogP contribution in [-0.2, 0) is 85.8 Å². The number of carbonyl (C=O) groups excluding carboxylic acids is 15. The van der Waals surface area contributed by atoms with Crippen LogP contribution >= 0.6 is 0 Å². The lowest BCUT2D eigenvalue weighted by Gasteiger charge is -2.27. The van der Waals surface area contributed by atoms with Gasteiger partial charge in [-0.1, -0.05) is 72.8 Å². The van der Waals surface area contributed by atoms with Gasteiger partial charge in [0.25, 0.3) is 0 Å². The van der Waals surface area contributed by atoms with E-state index in [1.54, 1.807) is 29.6 Å². The summed E-state index contributed by atoms with van der Waals surface area (Å²) >= 11 is 0. The average molecular weight is 1260 g/mol. The third kappa shape index (κ3) is 21.7. The minimum absolute atomic E-state index is 0.0977. The van der Waals surface area contributed by atoms with E-state index in [9.17, 15) is 76.7 Å². The van der Waals surface area contributed by atoms with Gasteiger partial charge in [0.05, 0.1) is 61.7 Å². The van der Waals surface area contributed by atoms with Gasteiger partial charge >= 0.3 is 60.1 Å². The second kappa shape index (κ2) is 35.1. The Labute approximate surface area is 510 Å². The monoisotopic (exact) mass is 1260 g/mol. The van der Waals surface area contributed by atoms with Crippen LogP contribution in [0.4, 0.5) is 14.4 Å². The van der Waals surface area contributed by atoms with Gasteiger partial charge in [0.1, 0.15) is 19.6 Å². The zero-order valence-electron chi connectivity index (χ0n) is 48.5. The van der Waals surface area contributed by atoms with Crippen molar-refractivity contribution in [1.29, 1.82) is 0 Å². The number of hydrogen-bond donors (Lipinski definition) is 7. The highest BCUT2D eigenvalue weighted by molar-refractivity contribution is 6.03. The molecule has 4 rings (SSSR count). The van der Waals surface area contributed by atoms with Crippen LogP contribution in [-0.4, -0.2) is 196 Å². The van der Waals surface area contributed by atoms with E-state index >= 15 is 0 Å². The highest BCUT2D eigenvalue weighted by Crippen LogP contribution is 2.19. The Balaban J connectivity index is 1.53. The standard InChI is InChI=1S/C58H60N6O26/c1-30(40(68)43(85-49(71)33-19-11-7-12-20-33)46(53(75)82-4)87-51(73)35-23-15-9-16-24-35)63-38(66)28-60-57(80)89-45(42(70)32(3)62-37(65)27-59-56(78)79)48(55(77)84-6)90-58(81)61-29-39(67)64-31(2)41(69)44(86-50(72)34-21-13-8-14-22-34)47(54(76)83-5)88-52(74)36-25-17-10-18-26-36/h7-26,30-32,43-48,59H,27-29H2,1-6H3,(H,60,80)(H,61,81)(H,62,65)(H,63,66)(H,64,67)(H,78,79)/t30-,31-,32-,43+,44+,45+,46-,47-,48-/m0/s1. The van der Waals surface area contributed by atoms with Crippen LogP contribution in [0.3, 0.4) is 0 Å². The number of Topliss-reactive ketones (excluding diaryl/α,β-unsaturated/α-hetero) is 3.